The van der Waals surface area contributed by atoms with Crippen LogP contribution in [0.25, 0.3) is 0 Å². The molecule has 0 atom stereocenters. The average Bonchev–Trinajstić information content (AvgIpc) is 2.67. The zero-order valence-electron chi connectivity index (χ0n) is 8.61. The van der Waals surface area contributed by atoms with Crippen molar-refractivity contribution in [1.29, 1.82) is 5.26 Å². The second kappa shape index (κ2) is 3.81. The Bertz CT molecular complexity index is 491. The van der Waals surface area contributed by atoms with Crippen molar-refractivity contribution in [3.8, 4) is 6.07 Å². The van der Waals surface area contributed by atoms with Crippen LogP contribution in [0.2, 0.25) is 0 Å². The molecule has 0 N–H and O–H groups in total. The summed E-state index contributed by atoms with van der Waals surface area (Å²) < 4.78 is 26.9. The van der Waals surface area contributed by atoms with Gasteiger partial charge in [0.1, 0.15) is 17.7 Å². The third-order valence-corrected chi connectivity index (χ3v) is 2.34. The highest BCUT2D eigenvalue weighted by Crippen LogP contribution is 2.25. The minimum atomic E-state index is -0.707. The quantitative estimate of drug-likeness (QED) is 0.726. The summed E-state index contributed by atoms with van der Waals surface area (Å²) in [4.78, 5) is 3.40. The first kappa shape index (κ1) is 10.4. The molecule has 0 amide bonds. The molecule has 1 aromatic carbocycles. The van der Waals surface area contributed by atoms with E-state index < -0.39 is 11.6 Å². The number of anilines is 1. The van der Waals surface area contributed by atoms with Gasteiger partial charge in [0.15, 0.2) is 0 Å². The van der Waals surface area contributed by atoms with E-state index in [1.165, 1.54) is 0 Å². The lowest BCUT2D eigenvalue weighted by atomic mass is 10.2. The number of benzene rings is 1. The van der Waals surface area contributed by atoms with E-state index in [1.807, 2.05) is 11.9 Å². The van der Waals surface area contributed by atoms with E-state index in [0.29, 0.717) is 6.67 Å². The van der Waals surface area contributed by atoms with Gasteiger partial charge in [-0.05, 0) is 6.07 Å². The third kappa shape index (κ3) is 1.70. The Morgan fingerprint density at radius 3 is 2.56 bits per heavy atom. The molecule has 0 aliphatic carbocycles. The minimum Gasteiger partial charge on any atom is -0.361 e. The smallest absolute Gasteiger partial charge is 0.148 e. The standard InChI is InChI=1S/C11H9F2N3/c1-15-2-3-16(7-15)11-5-9(12)8(6-14)4-10(11)13/h2-5H,7H2,1H3. The van der Waals surface area contributed by atoms with Crippen LogP contribution in [0.4, 0.5) is 14.5 Å². The molecule has 0 aromatic heterocycles. The lowest BCUT2D eigenvalue weighted by Gasteiger charge is -2.18. The van der Waals surface area contributed by atoms with Gasteiger partial charge in [-0.1, -0.05) is 0 Å². The van der Waals surface area contributed by atoms with Crippen LogP contribution in [0.15, 0.2) is 24.5 Å². The van der Waals surface area contributed by atoms with E-state index in [1.54, 1.807) is 23.4 Å². The van der Waals surface area contributed by atoms with E-state index in [0.717, 1.165) is 12.1 Å². The van der Waals surface area contributed by atoms with Gasteiger partial charge in [0, 0.05) is 25.5 Å². The SMILES string of the molecule is CN1C=CN(c2cc(F)c(C#N)cc2F)C1. The van der Waals surface area contributed by atoms with E-state index in [-0.39, 0.29) is 11.3 Å². The average molecular weight is 221 g/mol. The first-order valence-corrected chi connectivity index (χ1v) is 4.66. The molecular formula is C11H9F2N3. The zero-order valence-corrected chi connectivity index (χ0v) is 8.61. The van der Waals surface area contributed by atoms with Crippen molar-refractivity contribution >= 4 is 5.69 Å². The summed E-state index contributed by atoms with van der Waals surface area (Å²) in [7, 11) is 1.83. The molecule has 1 aliphatic rings. The molecule has 0 spiro atoms. The molecule has 16 heavy (non-hydrogen) atoms. The van der Waals surface area contributed by atoms with Crippen molar-refractivity contribution in [2.24, 2.45) is 0 Å². The molecule has 1 aliphatic heterocycles. The molecular weight excluding hydrogens is 212 g/mol. The fourth-order valence-electron chi connectivity index (χ4n) is 1.53. The van der Waals surface area contributed by atoms with E-state index in [4.69, 9.17) is 5.26 Å². The number of nitriles is 1. The molecule has 1 aromatic rings. The first-order valence-electron chi connectivity index (χ1n) is 4.66. The Kier molecular flexibility index (Phi) is 2.49. The summed E-state index contributed by atoms with van der Waals surface area (Å²) in [6.45, 7) is 0.461. The monoisotopic (exact) mass is 221 g/mol. The number of nitrogens with zero attached hydrogens (tertiary/aromatic N) is 3. The number of rotatable bonds is 1. The Hall–Kier alpha value is -2.09. The summed E-state index contributed by atoms with van der Waals surface area (Å²) >= 11 is 0. The lowest BCUT2D eigenvalue weighted by Crippen LogP contribution is -2.22. The van der Waals surface area contributed by atoms with Crippen LogP contribution >= 0.6 is 0 Å². The molecule has 0 unspecified atom stereocenters. The second-order valence-electron chi connectivity index (χ2n) is 3.56. The molecule has 0 saturated carbocycles. The van der Waals surface area contributed by atoms with Gasteiger partial charge >= 0.3 is 0 Å². The van der Waals surface area contributed by atoms with Crippen molar-refractivity contribution in [3.63, 3.8) is 0 Å². The maximum absolute atomic E-state index is 13.6. The predicted molar refractivity (Wildman–Crippen MR) is 55.3 cm³/mol. The fraction of sp³-hybridized carbons (Fsp3) is 0.182. The first-order chi connectivity index (χ1) is 7.61. The van der Waals surface area contributed by atoms with Gasteiger partial charge in [0.05, 0.1) is 17.9 Å². The number of halogens is 2. The summed E-state index contributed by atoms with van der Waals surface area (Å²) in [5.74, 6) is -1.31. The van der Waals surface area contributed by atoms with Crippen molar-refractivity contribution in [2.45, 2.75) is 0 Å². The number of hydrogen-bond acceptors (Lipinski definition) is 3. The van der Waals surface area contributed by atoms with Crippen molar-refractivity contribution < 1.29 is 8.78 Å². The van der Waals surface area contributed by atoms with Gasteiger partial charge in [-0.25, -0.2) is 8.78 Å². The lowest BCUT2D eigenvalue weighted by molar-refractivity contribution is 0.491. The van der Waals surface area contributed by atoms with E-state index >= 15 is 0 Å². The van der Waals surface area contributed by atoms with Gasteiger partial charge in [-0.3, -0.25) is 0 Å². The number of hydrogen-bond donors (Lipinski definition) is 0. The molecule has 3 nitrogen and oxygen atoms in total. The predicted octanol–water partition coefficient (Wildman–Crippen LogP) is 2.02. The fourth-order valence-corrected chi connectivity index (χ4v) is 1.53. The summed E-state index contributed by atoms with van der Waals surface area (Å²) in [5.41, 5.74) is -0.144. The zero-order chi connectivity index (χ0) is 11.7. The minimum absolute atomic E-state index is 0.136. The third-order valence-electron chi connectivity index (χ3n) is 2.34. The van der Waals surface area contributed by atoms with Crippen molar-refractivity contribution in [1.82, 2.24) is 4.90 Å². The largest absolute Gasteiger partial charge is 0.361 e. The van der Waals surface area contributed by atoms with Crippen LogP contribution in [-0.4, -0.2) is 18.6 Å². The molecule has 0 radical (unpaired) electrons. The highest BCUT2D eigenvalue weighted by Gasteiger charge is 2.17. The van der Waals surface area contributed by atoms with Crippen LogP contribution in [-0.2, 0) is 0 Å². The Labute approximate surface area is 91.8 Å². The molecule has 5 heteroatoms. The van der Waals surface area contributed by atoms with Gasteiger partial charge in [-0.15, -0.1) is 0 Å². The molecule has 0 fully saturated rings. The van der Waals surface area contributed by atoms with Crippen molar-refractivity contribution in [2.75, 3.05) is 18.6 Å². The maximum Gasteiger partial charge on any atom is 0.148 e. The van der Waals surface area contributed by atoms with Crippen LogP contribution in [0.1, 0.15) is 5.56 Å². The van der Waals surface area contributed by atoms with Crippen LogP contribution in [0.3, 0.4) is 0 Å². The van der Waals surface area contributed by atoms with Gasteiger partial charge in [0.2, 0.25) is 0 Å². The summed E-state index contributed by atoms with van der Waals surface area (Å²) in [5, 5.41) is 8.55. The summed E-state index contributed by atoms with van der Waals surface area (Å²) in [6.07, 6.45) is 3.42. The van der Waals surface area contributed by atoms with Crippen LogP contribution < -0.4 is 4.90 Å². The molecule has 82 valence electrons. The Balaban J connectivity index is 2.40. The van der Waals surface area contributed by atoms with Gasteiger partial charge in [-0.2, -0.15) is 5.26 Å². The highest BCUT2D eigenvalue weighted by atomic mass is 19.1. The van der Waals surface area contributed by atoms with Crippen LogP contribution in [0.5, 0.6) is 0 Å². The van der Waals surface area contributed by atoms with Gasteiger partial charge in [0.25, 0.3) is 0 Å². The van der Waals surface area contributed by atoms with E-state index in [2.05, 4.69) is 0 Å². The normalized spacial score (nSPS) is 14.4. The molecule has 0 bridgehead atoms. The van der Waals surface area contributed by atoms with Crippen LogP contribution in [0, 0.1) is 23.0 Å². The molecule has 1 heterocycles. The maximum atomic E-state index is 13.6. The Morgan fingerprint density at radius 1 is 1.25 bits per heavy atom. The van der Waals surface area contributed by atoms with E-state index in [9.17, 15) is 8.78 Å². The summed E-state index contributed by atoms with van der Waals surface area (Å²) in [6, 6.07) is 3.55. The molecule has 0 saturated heterocycles. The second-order valence-corrected chi connectivity index (χ2v) is 3.56. The van der Waals surface area contributed by atoms with Gasteiger partial charge < -0.3 is 9.80 Å². The Morgan fingerprint density at radius 2 is 2.00 bits per heavy atom. The molecule has 2 rings (SSSR count). The van der Waals surface area contributed by atoms with Crippen molar-refractivity contribution in [3.05, 3.63) is 41.7 Å². The highest BCUT2D eigenvalue weighted by molar-refractivity contribution is 5.54. The topological polar surface area (TPSA) is 30.3 Å².